The normalized spacial score (nSPS) is 14.5. The maximum absolute atomic E-state index is 10.7. The molecule has 2 rings (SSSR count). The fourth-order valence-electron chi connectivity index (χ4n) is 1.42. The van der Waals surface area contributed by atoms with Crippen molar-refractivity contribution in [2.24, 2.45) is 0 Å². The van der Waals surface area contributed by atoms with Gasteiger partial charge in [-0.3, -0.25) is 10.1 Å². The van der Waals surface area contributed by atoms with E-state index in [0.717, 1.165) is 12.8 Å². The lowest BCUT2D eigenvalue weighted by atomic mass is 10.1. The highest BCUT2D eigenvalue weighted by molar-refractivity contribution is 5.93. The summed E-state index contributed by atoms with van der Waals surface area (Å²) in [5, 5.41) is 22.5. The molecular weight excluding hydrogens is 212 g/mol. The summed E-state index contributed by atoms with van der Waals surface area (Å²) in [6.07, 6.45) is 2.10. The van der Waals surface area contributed by atoms with Crippen LogP contribution in [0.15, 0.2) is 18.2 Å². The molecule has 0 aromatic heterocycles. The molecule has 1 aliphatic rings. The molecule has 0 heterocycles. The number of anilines is 1. The standard InChI is InChI=1S/C10H10N2O4/c13-10(14)8-4-3-7(11-6-1-2-6)5-9(8)12(15)16/h3-6,11H,1-2H2,(H,13,14). The number of nitrogens with one attached hydrogen (secondary N) is 1. The van der Waals surface area contributed by atoms with Crippen LogP contribution in [0.3, 0.4) is 0 Å². The van der Waals surface area contributed by atoms with Crippen LogP contribution in [0.2, 0.25) is 0 Å². The smallest absolute Gasteiger partial charge is 0.342 e. The Morgan fingerprint density at radius 1 is 1.50 bits per heavy atom. The van der Waals surface area contributed by atoms with Crippen LogP contribution < -0.4 is 5.32 Å². The quantitative estimate of drug-likeness (QED) is 0.599. The molecule has 1 aliphatic carbocycles. The number of rotatable bonds is 4. The zero-order valence-corrected chi connectivity index (χ0v) is 8.34. The number of hydrogen-bond donors (Lipinski definition) is 2. The molecule has 1 aromatic carbocycles. The zero-order chi connectivity index (χ0) is 11.7. The Hall–Kier alpha value is -2.11. The molecule has 2 N–H and O–H groups in total. The summed E-state index contributed by atoms with van der Waals surface area (Å²) >= 11 is 0. The molecule has 1 aromatic rings. The number of carboxylic acids is 1. The molecule has 0 atom stereocenters. The number of nitro benzene ring substituents is 1. The molecule has 0 saturated heterocycles. The van der Waals surface area contributed by atoms with Crippen molar-refractivity contribution in [2.45, 2.75) is 18.9 Å². The van der Waals surface area contributed by atoms with Gasteiger partial charge in [-0.2, -0.15) is 0 Å². The van der Waals surface area contributed by atoms with E-state index in [-0.39, 0.29) is 11.3 Å². The maximum atomic E-state index is 10.7. The highest BCUT2D eigenvalue weighted by Crippen LogP contribution is 2.28. The Kier molecular flexibility index (Phi) is 2.47. The van der Waals surface area contributed by atoms with Crippen molar-refractivity contribution < 1.29 is 14.8 Å². The Bertz CT molecular complexity index is 454. The molecular formula is C10H10N2O4. The van der Waals surface area contributed by atoms with Gasteiger partial charge in [-0.25, -0.2) is 4.79 Å². The lowest BCUT2D eigenvalue weighted by Gasteiger charge is -2.05. The minimum atomic E-state index is -1.29. The zero-order valence-electron chi connectivity index (χ0n) is 8.34. The van der Waals surface area contributed by atoms with Crippen LogP contribution in [0, 0.1) is 10.1 Å². The first kappa shape index (κ1) is 10.4. The lowest BCUT2D eigenvalue weighted by molar-refractivity contribution is -0.385. The van der Waals surface area contributed by atoms with Gasteiger partial charge in [-0.15, -0.1) is 0 Å². The number of nitro groups is 1. The summed E-state index contributed by atoms with van der Waals surface area (Å²) in [6.45, 7) is 0. The summed E-state index contributed by atoms with van der Waals surface area (Å²) in [6, 6.07) is 4.44. The van der Waals surface area contributed by atoms with Crippen LogP contribution in [-0.4, -0.2) is 22.0 Å². The van der Waals surface area contributed by atoms with E-state index in [4.69, 9.17) is 5.11 Å². The molecule has 0 bridgehead atoms. The van der Waals surface area contributed by atoms with Crippen molar-refractivity contribution in [3.63, 3.8) is 0 Å². The fraction of sp³-hybridized carbons (Fsp3) is 0.300. The van der Waals surface area contributed by atoms with Crippen molar-refractivity contribution in [1.82, 2.24) is 0 Å². The number of benzene rings is 1. The minimum Gasteiger partial charge on any atom is -0.477 e. The van der Waals surface area contributed by atoms with E-state index in [9.17, 15) is 14.9 Å². The van der Waals surface area contributed by atoms with E-state index >= 15 is 0 Å². The van der Waals surface area contributed by atoms with E-state index in [0.29, 0.717) is 11.7 Å². The van der Waals surface area contributed by atoms with Crippen LogP contribution in [0.4, 0.5) is 11.4 Å². The number of carbonyl (C=O) groups is 1. The van der Waals surface area contributed by atoms with E-state index < -0.39 is 10.9 Å². The third-order valence-corrected chi connectivity index (χ3v) is 2.37. The predicted molar refractivity (Wildman–Crippen MR) is 56.7 cm³/mol. The maximum Gasteiger partial charge on any atom is 0.342 e. The topological polar surface area (TPSA) is 92.5 Å². The van der Waals surface area contributed by atoms with Gasteiger partial charge < -0.3 is 10.4 Å². The average molecular weight is 222 g/mol. The van der Waals surface area contributed by atoms with Crippen molar-refractivity contribution in [3.8, 4) is 0 Å². The van der Waals surface area contributed by atoms with Crippen molar-refractivity contribution in [1.29, 1.82) is 0 Å². The fourth-order valence-corrected chi connectivity index (χ4v) is 1.42. The van der Waals surface area contributed by atoms with E-state index in [2.05, 4.69) is 5.32 Å². The number of hydrogen-bond acceptors (Lipinski definition) is 4. The summed E-state index contributed by atoms with van der Waals surface area (Å²) in [4.78, 5) is 20.8. The first-order chi connectivity index (χ1) is 7.58. The molecule has 0 aliphatic heterocycles. The van der Waals surface area contributed by atoms with E-state index in [1.165, 1.54) is 12.1 Å². The highest BCUT2D eigenvalue weighted by atomic mass is 16.6. The molecule has 84 valence electrons. The minimum absolute atomic E-state index is 0.286. The van der Waals surface area contributed by atoms with E-state index in [1.807, 2.05) is 0 Å². The van der Waals surface area contributed by atoms with Gasteiger partial charge in [0.1, 0.15) is 5.56 Å². The monoisotopic (exact) mass is 222 g/mol. The van der Waals surface area contributed by atoms with Crippen molar-refractivity contribution >= 4 is 17.3 Å². The third-order valence-electron chi connectivity index (χ3n) is 2.37. The van der Waals surface area contributed by atoms with Crippen molar-refractivity contribution in [2.75, 3.05) is 5.32 Å². The van der Waals surface area contributed by atoms with Gasteiger partial charge in [0.2, 0.25) is 0 Å². The molecule has 0 unspecified atom stereocenters. The molecule has 1 saturated carbocycles. The van der Waals surface area contributed by atoms with Crippen LogP contribution >= 0.6 is 0 Å². The molecule has 0 spiro atoms. The van der Waals surface area contributed by atoms with Crippen LogP contribution in [-0.2, 0) is 0 Å². The Balaban J connectivity index is 2.34. The first-order valence-corrected chi connectivity index (χ1v) is 4.86. The van der Waals surface area contributed by atoms with Gasteiger partial charge in [0.25, 0.3) is 5.69 Å². The van der Waals surface area contributed by atoms with E-state index in [1.54, 1.807) is 6.07 Å². The third kappa shape index (κ3) is 2.10. The van der Waals surface area contributed by atoms with Crippen LogP contribution in [0.5, 0.6) is 0 Å². The Morgan fingerprint density at radius 3 is 2.69 bits per heavy atom. The Labute approximate surface area is 91.0 Å². The van der Waals surface area contributed by atoms with Gasteiger partial charge in [0.15, 0.2) is 0 Å². The molecule has 0 amide bonds. The summed E-state index contributed by atoms with van der Waals surface area (Å²) < 4.78 is 0. The number of carboxylic acid groups (broad SMARTS) is 1. The first-order valence-electron chi connectivity index (χ1n) is 4.86. The largest absolute Gasteiger partial charge is 0.477 e. The van der Waals surface area contributed by atoms with Crippen molar-refractivity contribution in [3.05, 3.63) is 33.9 Å². The second-order valence-electron chi connectivity index (χ2n) is 3.71. The molecule has 0 radical (unpaired) electrons. The van der Waals surface area contributed by atoms with Crippen LogP contribution in [0.1, 0.15) is 23.2 Å². The van der Waals surface area contributed by atoms with Gasteiger partial charge in [0, 0.05) is 17.8 Å². The highest BCUT2D eigenvalue weighted by Gasteiger charge is 2.24. The second-order valence-corrected chi connectivity index (χ2v) is 3.71. The average Bonchev–Trinajstić information content (AvgIpc) is 3.01. The molecule has 6 nitrogen and oxygen atoms in total. The second kappa shape index (κ2) is 3.80. The summed E-state index contributed by atoms with van der Waals surface area (Å²) in [5.41, 5.74) is -0.0660. The van der Waals surface area contributed by atoms with Crippen LogP contribution in [0.25, 0.3) is 0 Å². The summed E-state index contributed by atoms with van der Waals surface area (Å²) in [7, 11) is 0. The molecule has 6 heteroatoms. The van der Waals surface area contributed by atoms with Gasteiger partial charge >= 0.3 is 5.97 Å². The molecule has 1 fully saturated rings. The molecule has 16 heavy (non-hydrogen) atoms. The lowest BCUT2D eigenvalue weighted by Crippen LogP contribution is -2.05. The van der Waals surface area contributed by atoms with Gasteiger partial charge in [-0.1, -0.05) is 0 Å². The number of nitrogens with zero attached hydrogens (tertiary/aromatic N) is 1. The predicted octanol–water partition coefficient (Wildman–Crippen LogP) is 1.87. The number of aromatic carboxylic acids is 1. The van der Waals surface area contributed by atoms with Gasteiger partial charge in [0.05, 0.1) is 4.92 Å². The Morgan fingerprint density at radius 2 is 2.19 bits per heavy atom. The SMILES string of the molecule is O=C(O)c1ccc(NC2CC2)cc1[N+](=O)[O-]. The summed E-state index contributed by atoms with van der Waals surface area (Å²) in [5.74, 6) is -1.29. The van der Waals surface area contributed by atoms with Gasteiger partial charge in [-0.05, 0) is 25.0 Å².